The number of unbranched alkanes of at least 4 members (excludes halogenated alkanes) is 23. The van der Waals surface area contributed by atoms with Crippen molar-refractivity contribution >= 4 is 5.91 Å². The van der Waals surface area contributed by atoms with Crippen molar-refractivity contribution in [3.63, 3.8) is 0 Å². The molecule has 1 saturated heterocycles. The lowest BCUT2D eigenvalue weighted by Crippen LogP contribution is -2.60. The fourth-order valence-corrected chi connectivity index (χ4v) is 7.28. The molecule has 0 aliphatic carbocycles. The van der Waals surface area contributed by atoms with Gasteiger partial charge in [-0.2, -0.15) is 0 Å². The molecule has 58 heavy (non-hydrogen) atoms. The quantitative estimate of drug-likeness (QED) is 0.0265. The highest BCUT2D eigenvalue weighted by atomic mass is 16.7. The summed E-state index contributed by atoms with van der Waals surface area (Å²) in [6.07, 6.45) is 42.9. The second-order valence-electron chi connectivity index (χ2n) is 16.5. The van der Waals surface area contributed by atoms with Crippen molar-refractivity contribution < 1.29 is 39.8 Å². The van der Waals surface area contributed by atoms with Crippen molar-refractivity contribution in [3.05, 3.63) is 48.6 Å². The Labute approximate surface area is 354 Å². The van der Waals surface area contributed by atoms with Crippen LogP contribution in [0.25, 0.3) is 0 Å². The lowest BCUT2D eigenvalue weighted by Gasteiger charge is -2.40. The molecule has 1 heterocycles. The van der Waals surface area contributed by atoms with E-state index in [1.165, 1.54) is 116 Å². The number of hydrogen-bond acceptors (Lipinski definition) is 8. The number of rotatable bonds is 39. The summed E-state index contributed by atoms with van der Waals surface area (Å²) in [7, 11) is 0. The third kappa shape index (κ3) is 29.4. The first kappa shape index (κ1) is 54.2. The number of carbonyl (C=O) groups is 1. The molecule has 9 heteroatoms. The van der Waals surface area contributed by atoms with Gasteiger partial charge in [-0.05, 0) is 57.8 Å². The van der Waals surface area contributed by atoms with Gasteiger partial charge < -0.3 is 40.3 Å². The topological polar surface area (TPSA) is 149 Å². The van der Waals surface area contributed by atoms with Crippen molar-refractivity contribution in [1.29, 1.82) is 0 Å². The summed E-state index contributed by atoms with van der Waals surface area (Å²) in [5.74, 6) is -0.187. The van der Waals surface area contributed by atoms with Crippen LogP contribution in [0, 0.1) is 0 Å². The summed E-state index contributed by atoms with van der Waals surface area (Å²) >= 11 is 0. The van der Waals surface area contributed by atoms with Gasteiger partial charge in [0.25, 0.3) is 0 Å². The summed E-state index contributed by atoms with van der Waals surface area (Å²) in [6, 6.07) is -0.808. The van der Waals surface area contributed by atoms with E-state index in [2.05, 4.69) is 55.6 Å². The maximum Gasteiger partial charge on any atom is 0.220 e. The van der Waals surface area contributed by atoms with E-state index in [-0.39, 0.29) is 12.5 Å². The zero-order chi connectivity index (χ0) is 42.3. The van der Waals surface area contributed by atoms with Crippen LogP contribution in [0.5, 0.6) is 0 Å². The molecule has 0 saturated carbocycles. The fraction of sp³-hybridized carbons (Fsp3) is 0.816. The molecule has 6 N–H and O–H groups in total. The number of allylic oxidation sites excluding steroid dienone is 7. The van der Waals surface area contributed by atoms with E-state index in [4.69, 9.17) is 9.47 Å². The Bertz CT molecular complexity index is 1050. The average molecular weight is 820 g/mol. The van der Waals surface area contributed by atoms with Gasteiger partial charge in [0.05, 0.1) is 25.4 Å². The largest absolute Gasteiger partial charge is 0.394 e. The van der Waals surface area contributed by atoms with E-state index in [1.54, 1.807) is 6.08 Å². The summed E-state index contributed by atoms with van der Waals surface area (Å²) < 4.78 is 11.2. The van der Waals surface area contributed by atoms with Crippen LogP contribution in [0.15, 0.2) is 48.6 Å². The van der Waals surface area contributed by atoms with E-state index in [1.807, 2.05) is 6.08 Å². The maximum atomic E-state index is 13.0. The van der Waals surface area contributed by atoms with Gasteiger partial charge in [0.1, 0.15) is 24.4 Å². The van der Waals surface area contributed by atoms with Crippen LogP contribution in [0.1, 0.15) is 200 Å². The van der Waals surface area contributed by atoms with E-state index in [0.717, 1.165) is 64.2 Å². The number of aliphatic hydroxyl groups excluding tert-OH is 5. The Kier molecular flexibility index (Phi) is 36.7. The van der Waals surface area contributed by atoms with Crippen molar-refractivity contribution in [1.82, 2.24) is 5.32 Å². The van der Waals surface area contributed by atoms with Crippen molar-refractivity contribution in [2.45, 2.75) is 243 Å². The van der Waals surface area contributed by atoms with Gasteiger partial charge >= 0.3 is 0 Å². The first-order valence-corrected chi connectivity index (χ1v) is 23.9. The molecule has 1 amide bonds. The normalized spacial score (nSPS) is 21.3. The molecule has 1 fully saturated rings. The highest BCUT2D eigenvalue weighted by Crippen LogP contribution is 2.22. The molecule has 0 radical (unpaired) electrons. The molecule has 0 spiro atoms. The first-order valence-electron chi connectivity index (χ1n) is 23.9. The van der Waals surface area contributed by atoms with Crippen LogP contribution in [-0.4, -0.2) is 87.5 Å². The van der Waals surface area contributed by atoms with Crippen LogP contribution in [0.3, 0.4) is 0 Å². The summed E-state index contributed by atoms with van der Waals surface area (Å²) in [5.41, 5.74) is 0. The number of carbonyl (C=O) groups excluding carboxylic acids is 1. The van der Waals surface area contributed by atoms with Crippen LogP contribution in [-0.2, 0) is 14.3 Å². The second-order valence-corrected chi connectivity index (χ2v) is 16.5. The molecular formula is C49H89NO8. The average Bonchev–Trinajstić information content (AvgIpc) is 3.22. The third-order valence-electron chi connectivity index (χ3n) is 11.1. The number of ether oxygens (including phenoxy) is 2. The molecule has 0 bridgehead atoms. The molecule has 0 aromatic carbocycles. The molecule has 7 atom stereocenters. The minimum atomic E-state index is -1.57. The van der Waals surface area contributed by atoms with Crippen LogP contribution in [0.4, 0.5) is 0 Å². The maximum absolute atomic E-state index is 13.0. The van der Waals surface area contributed by atoms with Gasteiger partial charge in [0.2, 0.25) is 5.91 Å². The lowest BCUT2D eigenvalue weighted by atomic mass is 9.99. The highest BCUT2D eigenvalue weighted by molar-refractivity contribution is 5.76. The summed E-state index contributed by atoms with van der Waals surface area (Å²) in [6.45, 7) is 3.74. The Morgan fingerprint density at radius 2 is 1.02 bits per heavy atom. The number of hydrogen-bond donors (Lipinski definition) is 6. The molecular weight excluding hydrogens is 731 g/mol. The van der Waals surface area contributed by atoms with E-state index in [9.17, 15) is 30.3 Å². The Hall–Kier alpha value is -1.85. The van der Waals surface area contributed by atoms with Gasteiger partial charge in [0, 0.05) is 6.42 Å². The summed E-state index contributed by atoms with van der Waals surface area (Å²) in [4.78, 5) is 13.0. The zero-order valence-corrected chi connectivity index (χ0v) is 37.0. The SMILES string of the molecule is CCCCCCC/C=C\C/C=C\C/C=C\CCCCCCCCCCC(=O)NC(COC1OC(CO)C(O)C(O)C1O)C(O)/C=C/CCCCCCCCCCCC. The minimum absolute atomic E-state index is 0.187. The first-order chi connectivity index (χ1) is 28.3. The molecule has 1 aliphatic heterocycles. The van der Waals surface area contributed by atoms with E-state index in [0.29, 0.717) is 6.42 Å². The molecule has 1 rings (SSSR count). The third-order valence-corrected chi connectivity index (χ3v) is 11.1. The molecule has 0 aromatic rings. The number of amides is 1. The summed E-state index contributed by atoms with van der Waals surface area (Å²) in [5, 5.41) is 54.2. The molecule has 9 nitrogen and oxygen atoms in total. The van der Waals surface area contributed by atoms with Crippen molar-refractivity contribution in [2.75, 3.05) is 13.2 Å². The second kappa shape index (κ2) is 39.3. The van der Waals surface area contributed by atoms with E-state index >= 15 is 0 Å². The van der Waals surface area contributed by atoms with Gasteiger partial charge in [-0.1, -0.05) is 184 Å². The molecule has 338 valence electrons. The minimum Gasteiger partial charge on any atom is -0.394 e. The fourth-order valence-electron chi connectivity index (χ4n) is 7.28. The zero-order valence-electron chi connectivity index (χ0n) is 37.0. The molecule has 1 aliphatic rings. The standard InChI is InChI=1S/C49H89NO8/c1-3-5-7-9-11-13-15-17-18-19-20-21-22-23-24-25-26-27-29-31-33-35-37-39-45(53)50-42(41-57-49-48(56)47(55)46(54)44(40-51)58-49)43(52)38-36-34-32-30-28-16-14-12-10-8-6-4-2/h15,17,19-20,22-23,36,38,42-44,46-49,51-52,54-56H,3-14,16,18,21,24-35,37,39-41H2,1-2H3,(H,50,53)/b17-15-,20-19-,23-22-,38-36+. The van der Waals surface area contributed by atoms with Gasteiger partial charge in [0.15, 0.2) is 6.29 Å². The Balaban J connectivity index is 2.30. The van der Waals surface area contributed by atoms with Crippen molar-refractivity contribution in [3.8, 4) is 0 Å². The number of nitrogens with one attached hydrogen (secondary N) is 1. The lowest BCUT2D eigenvalue weighted by molar-refractivity contribution is -0.302. The smallest absolute Gasteiger partial charge is 0.220 e. The highest BCUT2D eigenvalue weighted by Gasteiger charge is 2.44. The molecule has 7 unspecified atom stereocenters. The van der Waals surface area contributed by atoms with Gasteiger partial charge in [-0.25, -0.2) is 0 Å². The monoisotopic (exact) mass is 820 g/mol. The van der Waals surface area contributed by atoms with Crippen LogP contribution >= 0.6 is 0 Å². The Morgan fingerprint density at radius 3 is 1.50 bits per heavy atom. The van der Waals surface area contributed by atoms with Gasteiger partial charge in [-0.15, -0.1) is 0 Å². The Morgan fingerprint density at radius 1 is 0.586 bits per heavy atom. The van der Waals surface area contributed by atoms with Crippen LogP contribution in [0.2, 0.25) is 0 Å². The van der Waals surface area contributed by atoms with E-state index < -0.39 is 49.5 Å². The van der Waals surface area contributed by atoms with Gasteiger partial charge in [-0.3, -0.25) is 4.79 Å². The van der Waals surface area contributed by atoms with Crippen molar-refractivity contribution in [2.24, 2.45) is 0 Å². The van der Waals surface area contributed by atoms with Crippen LogP contribution < -0.4 is 5.32 Å². The predicted molar refractivity (Wildman–Crippen MR) is 239 cm³/mol. The molecule has 0 aromatic heterocycles. The predicted octanol–water partition coefficient (Wildman–Crippen LogP) is 10.2. The number of aliphatic hydroxyl groups is 5.